The van der Waals surface area contributed by atoms with Crippen LogP contribution in [0.1, 0.15) is 27.4 Å². The molecule has 2 bridgehead atoms. The van der Waals surface area contributed by atoms with Gasteiger partial charge >= 0.3 is 5.97 Å². The molecular formula is C12H11N3O3. The second-order valence-electron chi connectivity index (χ2n) is 4.46. The zero-order valence-electron chi connectivity index (χ0n) is 9.48. The number of carbonyl (C=O) groups excluding carboxylic acids is 1. The summed E-state index contributed by atoms with van der Waals surface area (Å²) in [4.78, 5) is 32.5. The van der Waals surface area contributed by atoms with E-state index in [1.54, 1.807) is 4.90 Å². The predicted molar refractivity (Wildman–Crippen MR) is 61.1 cm³/mol. The van der Waals surface area contributed by atoms with Gasteiger partial charge < -0.3 is 10.0 Å². The van der Waals surface area contributed by atoms with Crippen LogP contribution in [0.15, 0.2) is 24.5 Å². The van der Waals surface area contributed by atoms with Gasteiger partial charge in [-0.1, -0.05) is 12.2 Å². The average molecular weight is 245 g/mol. The number of hydrogen-bond donors (Lipinski definition) is 1. The lowest BCUT2D eigenvalue weighted by Gasteiger charge is -2.23. The predicted octanol–water partition coefficient (Wildman–Crippen LogP) is 0.575. The number of aromatic carboxylic acids is 1. The van der Waals surface area contributed by atoms with Crippen molar-refractivity contribution in [2.75, 3.05) is 6.54 Å². The van der Waals surface area contributed by atoms with Gasteiger partial charge in [0, 0.05) is 18.9 Å². The van der Waals surface area contributed by atoms with Crippen LogP contribution in [0, 0.1) is 5.92 Å². The van der Waals surface area contributed by atoms with Crippen LogP contribution >= 0.6 is 0 Å². The summed E-state index contributed by atoms with van der Waals surface area (Å²) < 4.78 is 0. The lowest BCUT2D eigenvalue weighted by atomic mass is 10.2. The summed E-state index contributed by atoms with van der Waals surface area (Å²) in [6.07, 6.45) is 7.63. The molecule has 6 heteroatoms. The first-order valence-corrected chi connectivity index (χ1v) is 5.70. The van der Waals surface area contributed by atoms with Crippen LogP contribution < -0.4 is 0 Å². The Morgan fingerprint density at radius 2 is 1.94 bits per heavy atom. The Bertz CT molecular complexity index is 555. The van der Waals surface area contributed by atoms with Crippen molar-refractivity contribution in [1.82, 2.24) is 14.9 Å². The van der Waals surface area contributed by atoms with E-state index >= 15 is 0 Å². The van der Waals surface area contributed by atoms with Crippen LogP contribution in [0.3, 0.4) is 0 Å². The number of carbonyl (C=O) groups is 2. The number of aromatic nitrogens is 2. The Hall–Kier alpha value is -2.24. The molecule has 1 aliphatic heterocycles. The summed E-state index contributed by atoms with van der Waals surface area (Å²) in [5.74, 6) is -1.19. The van der Waals surface area contributed by atoms with E-state index in [9.17, 15) is 9.59 Å². The number of carboxylic acid groups (broad SMARTS) is 1. The molecule has 2 heterocycles. The first kappa shape index (κ1) is 10.9. The van der Waals surface area contributed by atoms with E-state index in [0.29, 0.717) is 12.5 Å². The highest BCUT2D eigenvalue weighted by Gasteiger charge is 2.38. The Morgan fingerprint density at radius 3 is 2.50 bits per heavy atom. The molecule has 3 rings (SSSR count). The number of rotatable bonds is 2. The summed E-state index contributed by atoms with van der Waals surface area (Å²) in [7, 11) is 0. The number of amides is 1. The zero-order chi connectivity index (χ0) is 12.7. The van der Waals surface area contributed by atoms with E-state index in [4.69, 9.17) is 5.11 Å². The fourth-order valence-electron chi connectivity index (χ4n) is 2.53. The largest absolute Gasteiger partial charge is 0.476 e. The maximum absolute atomic E-state index is 12.3. The molecule has 0 radical (unpaired) electrons. The van der Waals surface area contributed by atoms with Crippen LogP contribution in [0.2, 0.25) is 0 Å². The van der Waals surface area contributed by atoms with Gasteiger partial charge in [-0.05, 0) is 12.3 Å². The Balaban J connectivity index is 1.94. The first-order chi connectivity index (χ1) is 8.66. The van der Waals surface area contributed by atoms with Gasteiger partial charge in [0.1, 0.15) is 0 Å². The minimum absolute atomic E-state index is 0.0751. The molecule has 2 aliphatic rings. The van der Waals surface area contributed by atoms with E-state index in [-0.39, 0.29) is 23.3 Å². The highest BCUT2D eigenvalue weighted by atomic mass is 16.4. The standard InChI is InChI=1S/C12H11N3O3/c16-11(15-6-7-1-2-8(15)5-7)9-10(12(17)18)14-4-3-13-9/h1-4,7-8H,5-6H2,(H,17,18). The lowest BCUT2D eigenvalue weighted by Crippen LogP contribution is -2.37. The minimum atomic E-state index is -1.23. The SMILES string of the molecule is O=C(O)c1nccnc1C(=O)N1CC2C=CC1C2. The number of hydrogen-bond acceptors (Lipinski definition) is 4. The van der Waals surface area contributed by atoms with Gasteiger partial charge in [-0.3, -0.25) is 4.79 Å². The maximum Gasteiger partial charge on any atom is 0.356 e. The van der Waals surface area contributed by atoms with Crippen LogP contribution in [-0.2, 0) is 0 Å². The van der Waals surface area contributed by atoms with Gasteiger partial charge in [0.15, 0.2) is 11.4 Å². The molecule has 1 fully saturated rings. The Morgan fingerprint density at radius 1 is 1.22 bits per heavy atom. The zero-order valence-corrected chi connectivity index (χ0v) is 9.48. The molecule has 2 atom stereocenters. The summed E-state index contributed by atoms with van der Waals surface area (Å²) in [5, 5.41) is 9.00. The minimum Gasteiger partial charge on any atom is -0.476 e. The fourth-order valence-corrected chi connectivity index (χ4v) is 2.53. The van der Waals surface area contributed by atoms with E-state index < -0.39 is 5.97 Å². The average Bonchev–Trinajstić information content (AvgIpc) is 3.00. The van der Waals surface area contributed by atoms with Crippen molar-refractivity contribution >= 4 is 11.9 Å². The van der Waals surface area contributed by atoms with Gasteiger partial charge in [-0.15, -0.1) is 0 Å². The summed E-state index contributed by atoms with van der Waals surface area (Å²) >= 11 is 0. The van der Waals surface area contributed by atoms with Crippen molar-refractivity contribution in [2.45, 2.75) is 12.5 Å². The van der Waals surface area contributed by atoms with Gasteiger partial charge in [0.2, 0.25) is 0 Å². The van der Waals surface area contributed by atoms with Crippen LogP contribution in [0.5, 0.6) is 0 Å². The smallest absolute Gasteiger partial charge is 0.356 e. The lowest BCUT2D eigenvalue weighted by molar-refractivity contribution is 0.0664. The highest BCUT2D eigenvalue weighted by molar-refractivity contribution is 6.02. The number of fused-ring (bicyclic) bond motifs is 2. The number of nitrogens with zero attached hydrogens (tertiary/aromatic N) is 3. The molecule has 1 N–H and O–H groups in total. The van der Waals surface area contributed by atoms with Crippen LogP contribution in [0.4, 0.5) is 0 Å². The molecule has 1 amide bonds. The third-order valence-corrected chi connectivity index (χ3v) is 3.35. The number of likely N-dealkylation sites (tertiary alicyclic amines) is 1. The molecule has 0 aromatic carbocycles. The molecule has 1 aromatic heterocycles. The van der Waals surface area contributed by atoms with Crippen molar-refractivity contribution in [3.05, 3.63) is 35.9 Å². The molecule has 0 saturated carbocycles. The van der Waals surface area contributed by atoms with Crippen molar-refractivity contribution < 1.29 is 14.7 Å². The third kappa shape index (κ3) is 1.57. The fraction of sp³-hybridized carbons (Fsp3) is 0.333. The van der Waals surface area contributed by atoms with Crippen molar-refractivity contribution in [3.63, 3.8) is 0 Å². The molecule has 1 saturated heterocycles. The van der Waals surface area contributed by atoms with Crippen molar-refractivity contribution in [3.8, 4) is 0 Å². The molecule has 1 aromatic rings. The monoisotopic (exact) mass is 245 g/mol. The molecule has 1 aliphatic carbocycles. The normalized spacial score (nSPS) is 24.6. The molecular weight excluding hydrogens is 234 g/mol. The molecule has 0 spiro atoms. The van der Waals surface area contributed by atoms with Gasteiger partial charge in [0.25, 0.3) is 5.91 Å². The summed E-state index contributed by atoms with van der Waals surface area (Å²) in [5.41, 5.74) is -0.361. The second-order valence-corrected chi connectivity index (χ2v) is 4.46. The Kier molecular flexibility index (Phi) is 2.36. The van der Waals surface area contributed by atoms with Gasteiger partial charge in [-0.25, -0.2) is 14.8 Å². The first-order valence-electron chi connectivity index (χ1n) is 5.70. The van der Waals surface area contributed by atoms with Crippen LogP contribution in [-0.4, -0.2) is 44.4 Å². The third-order valence-electron chi connectivity index (χ3n) is 3.35. The van der Waals surface area contributed by atoms with Crippen LogP contribution in [0.25, 0.3) is 0 Å². The van der Waals surface area contributed by atoms with E-state index in [1.807, 2.05) is 6.08 Å². The molecule has 92 valence electrons. The van der Waals surface area contributed by atoms with Gasteiger partial charge in [-0.2, -0.15) is 0 Å². The van der Waals surface area contributed by atoms with Crippen molar-refractivity contribution in [1.29, 1.82) is 0 Å². The molecule has 6 nitrogen and oxygen atoms in total. The van der Waals surface area contributed by atoms with E-state index in [2.05, 4.69) is 16.0 Å². The maximum atomic E-state index is 12.3. The van der Waals surface area contributed by atoms with Crippen molar-refractivity contribution in [2.24, 2.45) is 5.92 Å². The van der Waals surface area contributed by atoms with Gasteiger partial charge in [0.05, 0.1) is 6.04 Å². The Labute approximate surface area is 103 Å². The second kappa shape index (κ2) is 3.90. The summed E-state index contributed by atoms with van der Waals surface area (Å²) in [6.45, 7) is 0.635. The topological polar surface area (TPSA) is 83.4 Å². The summed E-state index contributed by atoms with van der Waals surface area (Å²) in [6, 6.07) is 0.0751. The van der Waals surface area contributed by atoms with E-state index in [1.165, 1.54) is 12.4 Å². The quantitative estimate of drug-likeness (QED) is 0.770. The van der Waals surface area contributed by atoms with E-state index in [0.717, 1.165) is 6.42 Å². The number of carboxylic acids is 1. The highest BCUT2D eigenvalue weighted by Crippen LogP contribution is 2.32. The molecule has 18 heavy (non-hydrogen) atoms. The molecule has 2 unspecified atom stereocenters.